The molecule has 0 spiro atoms. The van der Waals surface area contributed by atoms with Crippen molar-refractivity contribution in [1.29, 1.82) is 0 Å². The zero-order chi connectivity index (χ0) is 19.3. The Labute approximate surface area is 159 Å². The third-order valence-corrected chi connectivity index (χ3v) is 4.97. The van der Waals surface area contributed by atoms with E-state index >= 15 is 0 Å². The molecule has 0 saturated heterocycles. The molecule has 1 atom stereocenters. The molecule has 5 rings (SSSR count). The fourth-order valence-electron chi connectivity index (χ4n) is 3.74. The summed E-state index contributed by atoms with van der Waals surface area (Å²) in [6, 6.07) is 16.2. The Hall–Kier alpha value is -3.80. The van der Waals surface area contributed by atoms with E-state index in [9.17, 15) is 14.7 Å². The van der Waals surface area contributed by atoms with Crippen molar-refractivity contribution in [2.45, 2.75) is 12.6 Å². The molecular formula is C22H15NO5. The lowest BCUT2D eigenvalue weighted by atomic mass is 9.98. The van der Waals surface area contributed by atoms with Crippen molar-refractivity contribution >= 4 is 16.9 Å². The first-order valence-corrected chi connectivity index (χ1v) is 8.81. The SMILES string of the molecule is O=C1c2oc3ccccc3c(=O)c2C(c2cccc(O)c2)N1Cc1ccco1. The van der Waals surface area contributed by atoms with Crippen molar-refractivity contribution in [2.75, 3.05) is 0 Å². The second-order valence-corrected chi connectivity index (χ2v) is 6.68. The zero-order valence-electron chi connectivity index (χ0n) is 14.7. The third kappa shape index (κ3) is 2.42. The van der Waals surface area contributed by atoms with Gasteiger partial charge >= 0.3 is 0 Å². The van der Waals surface area contributed by atoms with E-state index in [2.05, 4.69) is 0 Å². The number of rotatable bonds is 3. The Morgan fingerprint density at radius 3 is 2.64 bits per heavy atom. The Bertz CT molecular complexity index is 1260. The predicted octanol–water partition coefficient (Wildman–Crippen LogP) is 3.84. The molecule has 1 unspecified atom stereocenters. The van der Waals surface area contributed by atoms with E-state index in [0.717, 1.165) is 0 Å². The number of phenols is 1. The molecule has 0 saturated carbocycles. The number of aromatic hydroxyl groups is 1. The van der Waals surface area contributed by atoms with Gasteiger partial charge in [0.15, 0.2) is 5.43 Å². The number of hydrogen-bond acceptors (Lipinski definition) is 5. The number of benzene rings is 2. The van der Waals surface area contributed by atoms with Crippen LogP contribution in [-0.2, 0) is 6.54 Å². The molecule has 0 radical (unpaired) electrons. The molecule has 6 heteroatoms. The number of carbonyl (C=O) groups is 1. The molecule has 2 aromatic carbocycles. The molecule has 1 aliphatic rings. The van der Waals surface area contributed by atoms with Gasteiger partial charge in [0.2, 0.25) is 5.76 Å². The van der Waals surface area contributed by atoms with Crippen molar-refractivity contribution in [3.8, 4) is 5.75 Å². The number of phenolic OH excluding ortho intramolecular Hbond substituents is 1. The monoisotopic (exact) mass is 373 g/mol. The van der Waals surface area contributed by atoms with E-state index in [1.165, 1.54) is 11.2 Å². The van der Waals surface area contributed by atoms with Gasteiger partial charge in [0.1, 0.15) is 17.1 Å². The van der Waals surface area contributed by atoms with Gasteiger partial charge in [0, 0.05) is 0 Å². The van der Waals surface area contributed by atoms with Gasteiger partial charge in [-0.2, -0.15) is 0 Å². The maximum atomic E-state index is 13.3. The van der Waals surface area contributed by atoms with Crippen LogP contribution in [-0.4, -0.2) is 15.9 Å². The number of hydrogen-bond donors (Lipinski definition) is 1. The van der Waals surface area contributed by atoms with Crippen LogP contribution in [0.15, 0.2) is 80.6 Å². The number of furan rings is 1. The van der Waals surface area contributed by atoms with Gasteiger partial charge in [-0.3, -0.25) is 9.59 Å². The van der Waals surface area contributed by atoms with Crippen LogP contribution in [0.5, 0.6) is 5.75 Å². The minimum Gasteiger partial charge on any atom is -0.508 e. The van der Waals surface area contributed by atoms with Gasteiger partial charge in [0.05, 0.1) is 29.8 Å². The Morgan fingerprint density at radius 2 is 1.86 bits per heavy atom. The van der Waals surface area contributed by atoms with Crippen molar-refractivity contribution in [3.63, 3.8) is 0 Å². The van der Waals surface area contributed by atoms with Gasteiger partial charge in [-0.1, -0.05) is 24.3 Å². The van der Waals surface area contributed by atoms with Crippen LogP contribution in [0, 0.1) is 0 Å². The van der Waals surface area contributed by atoms with Crippen LogP contribution < -0.4 is 5.43 Å². The highest BCUT2D eigenvalue weighted by molar-refractivity contribution is 5.99. The van der Waals surface area contributed by atoms with Gasteiger partial charge in [-0.25, -0.2) is 0 Å². The summed E-state index contributed by atoms with van der Waals surface area (Å²) in [5.74, 6) is 0.288. The number of para-hydroxylation sites is 1. The highest BCUT2D eigenvalue weighted by Crippen LogP contribution is 2.39. The number of nitrogens with zero attached hydrogens (tertiary/aromatic N) is 1. The topological polar surface area (TPSA) is 83.9 Å². The van der Waals surface area contributed by atoms with Crippen LogP contribution in [0.1, 0.15) is 33.5 Å². The van der Waals surface area contributed by atoms with Crippen LogP contribution in [0.3, 0.4) is 0 Å². The summed E-state index contributed by atoms with van der Waals surface area (Å²) >= 11 is 0. The first kappa shape index (κ1) is 16.4. The van der Waals surface area contributed by atoms with Crippen molar-refractivity contribution < 1.29 is 18.7 Å². The van der Waals surface area contributed by atoms with Crippen LogP contribution in [0.4, 0.5) is 0 Å². The Morgan fingerprint density at radius 1 is 1.00 bits per heavy atom. The van der Waals surface area contributed by atoms with E-state index in [4.69, 9.17) is 8.83 Å². The van der Waals surface area contributed by atoms with E-state index in [1.807, 2.05) is 0 Å². The molecule has 0 bridgehead atoms. The summed E-state index contributed by atoms with van der Waals surface area (Å²) in [5, 5.41) is 10.4. The second-order valence-electron chi connectivity index (χ2n) is 6.68. The maximum Gasteiger partial charge on any atom is 0.291 e. The largest absolute Gasteiger partial charge is 0.508 e. The molecule has 28 heavy (non-hydrogen) atoms. The average Bonchev–Trinajstić information content (AvgIpc) is 3.30. The van der Waals surface area contributed by atoms with Gasteiger partial charge in [-0.05, 0) is 42.0 Å². The molecule has 138 valence electrons. The summed E-state index contributed by atoms with van der Waals surface area (Å²) in [4.78, 5) is 28.0. The van der Waals surface area contributed by atoms with E-state index < -0.39 is 6.04 Å². The first-order chi connectivity index (χ1) is 13.6. The lowest BCUT2D eigenvalue weighted by Gasteiger charge is -2.24. The van der Waals surface area contributed by atoms with E-state index in [-0.39, 0.29) is 35.0 Å². The maximum absolute atomic E-state index is 13.3. The predicted molar refractivity (Wildman–Crippen MR) is 101 cm³/mol. The van der Waals surface area contributed by atoms with Crippen LogP contribution in [0.25, 0.3) is 11.0 Å². The molecular weight excluding hydrogens is 358 g/mol. The first-order valence-electron chi connectivity index (χ1n) is 8.81. The number of fused-ring (bicyclic) bond motifs is 2. The molecule has 6 nitrogen and oxygen atoms in total. The summed E-state index contributed by atoms with van der Waals surface area (Å²) in [5.41, 5.74) is 1.02. The zero-order valence-corrected chi connectivity index (χ0v) is 14.7. The smallest absolute Gasteiger partial charge is 0.291 e. The highest BCUT2D eigenvalue weighted by atomic mass is 16.4. The van der Waals surface area contributed by atoms with Crippen LogP contribution >= 0.6 is 0 Å². The highest BCUT2D eigenvalue weighted by Gasteiger charge is 2.43. The molecule has 0 aliphatic carbocycles. The normalized spacial score (nSPS) is 15.9. The fourth-order valence-corrected chi connectivity index (χ4v) is 3.74. The molecule has 2 aromatic heterocycles. The summed E-state index contributed by atoms with van der Waals surface area (Å²) in [7, 11) is 0. The van der Waals surface area contributed by atoms with Gasteiger partial charge < -0.3 is 18.8 Å². The summed E-state index contributed by atoms with van der Waals surface area (Å²) in [6.07, 6.45) is 1.53. The molecule has 3 heterocycles. The van der Waals surface area contributed by atoms with Crippen molar-refractivity contribution in [3.05, 3.63) is 99.8 Å². The third-order valence-electron chi connectivity index (χ3n) is 4.97. The Balaban J connectivity index is 1.76. The fraction of sp³-hybridized carbons (Fsp3) is 0.0909. The van der Waals surface area contributed by atoms with E-state index in [0.29, 0.717) is 22.3 Å². The quantitative estimate of drug-likeness (QED) is 0.590. The Kier molecular flexibility index (Phi) is 3.58. The average molecular weight is 373 g/mol. The molecule has 0 fully saturated rings. The molecule has 1 amide bonds. The van der Waals surface area contributed by atoms with Crippen molar-refractivity contribution in [1.82, 2.24) is 4.90 Å². The summed E-state index contributed by atoms with van der Waals surface area (Å²) < 4.78 is 11.3. The van der Waals surface area contributed by atoms with Gasteiger partial charge in [-0.15, -0.1) is 0 Å². The molecule has 1 aliphatic heterocycles. The minimum absolute atomic E-state index is 0.0311. The second kappa shape index (κ2) is 6.13. The summed E-state index contributed by atoms with van der Waals surface area (Å²) in [6.45, 7) is 0.173. The standard InChI is InChI=1S/C22H15NO5/c24-14-6-3-5-13(11-14)19-18-20(25)16-8-1-2-9-17(16)28-21(18)22(26)23(19)12-15-7-4-10-27-15/h1-11,19,24H,12H2. The lowest BCUT2D eigenvalue weighted by Crippen LogP contribution is -2.29. The van der Waals surface area contributed by atoms with Crippen LogP contribution in [0.2, 0.25) is 0 Å². The van der Waals surface area contributed by atoms with Crippen molar-refractivity contribution in [2.24, 2.45) is 0 Å². The number of amides is 1. The van der Waals surface area contributed by atoms with Gasteiger partial charge in [0.25, 0.3) is 5.91 Å². The number of carbonyl (C=O) groups excluding carboxylic acids is 1. The van der Waals surface area contributed by atoms with E-state index in [1.54, 1.807) is 60.7 Å². The lowest BCUT2D eigenvalue weighted by molar-refractivity contribution is 0.0701. The molecule has 4 aromatic rings. The minimum atomic E-state index is -0.680. The molecule has 1 N–H and O–H groups in total.